The Morgan fingerprint density at radius 3 is 2.35 bits per heavy atom. The smallest absolute Gasteiger partial charge is 0.262 e. The number of aryl methyl sites for hydroxylation is 2. The predicted molar refractivity (Wildman–Crippen MR) is 107 cm³/mol. The Hall–Kier alpha value is -1.85. The molecule has 0 spiro atoms. The summed E-state index contributed by atoms with van der Waals surface area (Å²) >= 11 is 0. The molecule has 0 atom stereocenters. The van der Waals surface area contributed by atoms with Crippen LogP contribution in [0.2, 0.25) is 0 Å². The Balaban J connectivity index is 2.02. The van der Waals surface area contributed by atoms with E-state index in [1.165, 1.54) is 5.56 Å². The number of anilines is 1. The summed E-state index contributed by atoms with van der Waals surface area (Å²) in [6.45, 7) is 11.8. The van der Waals surface area contributed by atoms with Gasteiger partial charge in [-0.2, -0.15) is 0 Å². The second-order valence-electron chi connectivity index (χ2n) is 8.16. The third-order valence-corrected chi connectivity index (χ3v) is 6.66. The maximum Gasteiger partial charge on any atom is 0.262 e. The van der Waals surface area contributed by atoms with Crippen molar-refractivity contribution in [3.05, 3.63) is 58.1 Å². The van der Waals surface area contributed by atoms with Crippen LogP contribution in [-0.2, 0) is 28.4 Å². The van der Waals surface area contributed by atoms with Crippen LogP contribution >= 0.6 is 0 Å². The molecule has 0 bridgehead atoms. The minimum Gasteiger partial charge on any atom is -0.312 e. The molecule has 1 aliphatic heterocycles. The Labute approximate surface area is 157 Å². The zero-order valence-electron chi connectivity index (χ0n) is 16.2. The monoisotopic (exact) mass is 372 g/mol. The predicted octanol–water partition coefficient (Wildman–Crippen LogP) is 4.05. The van der Waals surface area contributed by atoms with Crippen LogP contribution in [-0.4, -0.2) is 15.0 Å². The highest BCUT2D eigenvalue weighted by Gasteiger charge is 2.24. The van der Waals surface area contributed by atoms with Crippen molar-refractivity contribution in [2.24, 2.45) is 0 Å². The van der Waals surface area contributed by atoms with E-state index in [2.05, 4.69) is 36.9 Å². The topological polar surface area (TPSA) is 58.2 Å². The first-order chi connectivity index (χ1) is 12.1. The van der Waals surface area contributed by atoms with Crippen LogP contribution in [0.4, 0.5) is 5.69 Å². The van der Waals surface area contributed by atoms with Gasteiger partial charge in [-0.3, -0.25) is 4.72 Å². The molecule has 2 aromatic rings. The molecule has 0 amide bonds. The Bertz CT molecular complexity index is 918. The fourth-order valence-electron chi connectivity index (χ4n) is 3.61. The molecule has 5 heteroatoms. The molecule has 0 aliphatic carbocycles. The second-order valence-corrected chi connectivity index (χ2v) is 9.78. The van der Waals surface area contributed by atoms with Gasteiger partial charge in [0.15, 0.2) is 0 Å². The number of benzene rings is 2. The number of hydrogen-bond donors (Lipinski definition) is 2. The molecule has 0 fully saturated rings. The third-order valence-electron chi connectivity index (χ3n) is 4.99. The van der Waals surface area contributed by atoms with Crippen LogP contribution in [0.25, 0.3) is 0 Å². The van der Waals surface area contributed by atoms with Gasteiger partial charge in [0.1, 0.15) is 0 Å². The van der Waals surface area contributed by atoms with E-state index < -0.39 is 10.0 Å². The maximum atomic E-state index is 13.2. The van der Waals surface area contributed by atoms with Gasteiger partial charge in [-0.05, 0) is 66.1 Å². The van der Waals surface area contributed by atoms with Crippen LogP contribution in [0.15, 0.2) is 35.2 Å². The summed E-state index contributed by atoms with van der Waals surface area (Å²) in [4.78, 5) is 0.381. The first-order valence-corrected chi connectivity index (χ1v) is 10.5. The molecule has 0 saturated heterocycles. The lowest BCUT2D eigenvalue weighted by Gasteiger charge is -2.24. The van der Waals surface area contributed by atoms with E-state index in [0.29, 0.717) is 17.1 Å². The van der Waals surface area contributed by atoms with Crippen molar-refractivity contribution in [3.63, 3.8) is 0 Å². The molecular weight excluding hydrogens is 344 g/mol. The maximum absolute atomic E-state index is 13.2. The van der Waals surface area contributed by atoms with Crippen LogP contribution in [0, 0.1) is 13.8 Å². The van der Waals surface area contributed by atoms with Crippen molar-refractivity contribution in [1.82, 2.24) is 5.32 Å². The Morgan fingerprint density at radius 1 is 1.08 bits per heavy atom. The lowest BCUT2D eigenvalue weighted by atomic mass is 9.85. The lowest BCUT2D eigenvalue weighted by molar-refractivity contribution is 0.585. The van der Waals surface area contributed by atoms with Gasteiger partial charge in [-0.15, -0.1) is 0 Å². The molecule has 140 valence electrons. The molecule has 4 nitrogen and oxygen atoms in total. The highest BCUT2D eigenvalue weighted by Crippen LogP contribution is 2.31. The lowest BCUT2D eigenvalue weighted by Crippen LogP contribution is -2.26. The number of sulfonamides is 1. The van der Waals surface area contributed by atoms with Gasteiger partial charge < -0.3 is 5.32 Å². The largest absolute Gasteiger partial charge is 0.312 e. The van der Waals surface area contributed by atoms with E-state index in [4.69, 9.17) is 0 Å². The van der Waals surface area contributed by atoms with E-state index in [1.807, 2.05) is 38.1 Å². The van der Waals surface area contributed by atoms with E-state index in [0.717, 1.165) is 35.2 Å². The molecule has 0 aromatic heterocycles. The van der Waals surface area contributed by atoms with E-state index in [9.17, 15) is 8.42 Å². The SMILES string of the molecule is Cc1cc(C(C)(C)C)cc(C)c1S(=O)(=O)Nc1cccc2c1CNCC2. The Morgan fingerprint density at radius 2 is 1.73 bits per heavy atom. The van der Waals surface area contributed by atoms with E-state index in [1.54, 1.807) is 0 Å². The van der Waals surface area contributed by atoms with Crippen molar-refractivity contribution in [2.75, 3.05) is 11.3 Å². The van der Waals surface area contributed by atoms with Crippen molar-refractivity contribution >= 4 is 15.7 Å². The van der Waals surface area contributed by atoms with Gasteiger partial charge in [0.25, 0.3) is 10.0 Å². The van der Waals surface area contributed by atoms with Gasteiger partial charge in [-0.1, -0.05) is 45.0 Å². The molecule has 3 rings (SSSR count). The highest BCUT2D eigenvalue weighted by molar-refractivity contribution is 7.92. The van der Waals surface area contributed by atoms with Crippen LogP contribution in [0.1, 0.15) is 48.6 Å². The van der Waals surface area contributed by atoms with Crippen molar-refractivity contribution < 1.29 is 8.42 Å². The second kappa shape index (κ2) is 6.71. The normalized spacial score (nSPS) is 14.8. The summed E-state index contributed by atoms with van der Waals surface area (Å²) in [5, 5.41) is 3.32. The van der Waals surface area contributed by atoms with Gasteiger partial charge in [-0.25, -0.2) is 8.42 Å². The molecule has 26 heavy (non-hydrogen) atoms. The Kier molecular flexibility index (Phi) is 4.88. The average Bonchev–Trinajstić information content (AvgIpc) is 2.53. The first-order valence-electron chi connectivity index (χ1n) is 9.05. The van der Waals surface area contributed by atoms with E-state index in [-0.39, 0.29) is 5.41 Å². The minimum atomic E-state index is -3.65. The van der Waals surface area contributed by atoms with Gasteiger partial charge >= 0.3 is 0 Å². The van der Waals surface area contributed by atoms with Gasteiger partial charge in [0.05, 0.1) is 10.6 Å². The summed E-state index contributed by atoms with van der Waals surface area (Å²) < 4.78 is 29.2. The number of hydrogen-bond acceptors (Lipinski definition) is 3. The number of nitrogens with one attached hydrogen (secondary N) is 2. The van der Waals surface area contributed by atoms with Crippen molar-refractivity contribution in [2.45, 2.75) is 57.9 Å². The molecule has 1 aliphatic rings. The standard InChI is InChI=1S/C21H28N2O2S/c1-14-11-17(21(3,4)5)12-15(2)20(14)26(24,25)23-19-8-6-7-16-9-10-22-13-18(16)19/h6-8,11-12,22-23H,9-10,13H2,1-5H3. The minimum absolute atomic E-state index is 0.0184. The summed E-state index contributed by atoms with van der Waals surface area (Å²) in [6.07, 6.45) is 0.920. The molecule has 2 aromatic carbocycles. The highest BCUT2D eigenvalue weighted by atomic mass is 32.2. The molecule has 2 N–H and O–H groups in total. The zero-order valence-corrected chi connectivity index (χ0v) is 17.0. The summed E-state index contributed by atoms with van der Waals surface area (Å²) in [7, 11) is -3.65. The van der Waals surface area contributed by atoms with Crippen LogP contribution in [0.3, 0.4) is 0 Å². The molecule has 0 saturated carbocycles. The summed E-state index contributed by atoms with van der Waals surface area (Å²) in [5.74, 6) is 0. The fraction of sp³-hybridized carbons (Fsp3) is 0.429. The summed E-state index contributed by atoms with van der Waals surface area (Å²) in [6, 6.07) is 9.82. The first kappa shape index (κ1) is 18.9. The summed E-state index contributed by atoms with van der Waals surface area (Å²) in [5.41, 5.74) is 5.62. The van der Waals surface area contributed by atoms with Crippen LogP contribution in [0.5, 0.6) is 0 Å². The number of fused-ring (bicyclic) bond motifs is 1. The quantitative estimate of drug-likeness (QED) is 0.855. The molecular formula is C21H28N2O2S. The zero-order chi connectivity index (χ0) is 19.1. The molecule has 1 heterocycles. The van der Waals surface area contributed by atoms with Crippen LogP contribution < -0.4 is 10.0 Å². The fourth-order valence-corrected chi connectivity index (χ4v) is 5.16. The average molecular weight is 373 g/mol. The molecule has 0 unspecified atom stereocenters. The third kappa shape index (κ3) is 3.64. The van der Waals surface area contributed by atoms with Crippen molar-refractivity contribution in [3.8, 4) is 0 Å². The number of rotatable bonds is 3. The van der Waals surface area contributed by atoms with E-state index >= 15 is 0 Å². The molecule has 0 radical (unpaired) electrons. The van der Waals surface area contributed by atoms with Crippen molar-refractivity contribution in [1.29, 1.82) is 0 Å². The van der Waals surface area contributed by atoms with Gasteiger partial charge in [0.2, 0.25) is 0 Å². The van der Waals surface area contributed by atoms with Gasteiger partial charge in [0, 0.05) is 6.54 Å².